The average molecular weight is 424 g/mol. The standard InChI is InChI=1S/C20H14BrN3OS/c1-13-6-8-14(9-7-13)10-11-18-22-20-24(23-18)19(25)17(26-20)12-15-4-2-3-5-16(15)21/h2-12H,1H3/b11-10+,17-12-. The lowest BCUT2D eigenvalue weighted by Crippen LogP contribution is -2.23. The molecule has 4 nitrogen and oxygen atoms in total. The van der Waals surface area contributed by atoms with Crippen LogP contribution in [0.1, 0.15) is 22.5 Å². The summed E-state index contributed by atoms with van der Waals surface area (Å²) >= 11 is 4.83. The predicted octanol–water partition coefficient (Wildman–Crippen LogP) is 3.94. The molecule has 0 aliphatic carbocycles. The van der Waals surface area contributed by atoms with Gasteiger partial charge < -0.3 is 0 Å². The molecule has 0 aliphatic heterocycles. The Balaban J connectivity index is 1.69. The van der Waals surface area contributed by atoms with Crippen LogP contribution in [-0.4, -0.2) is 14.6 Å². The number of benzene rings is 2. The monoisotopic (exact) mass is 423 g/mol. The second-order valence-electron chi connectivity index (χ2n) is 5.85. The smallest absolute Gasteiger partial charge is 0.266 e. The van der Waals surface area contributed by atoms with E-state index in [1.807, 2.05) is 54.6 Å². The molecular formula is C20H14BrN3OS. The van der Waals surface area contributed by atoms with Gasteiger partial charge in [0.15, 0.2) is 5.82 Å². The van der Waals surface area contributed by atoms with Crippen LogP contribution in [0.4, 0.5) is 0 Å². The molecular weight excluding hydrogens is 410 g/mol. The van der Waals surface area contributed by atoms with Crippen molar-refractivity contribution in [2.24, 2.45) is 0 Å². The summed E-state index contributed by atoms with van der Waals surface area (Å²) in [7, 11) is 0. The first-order chi connectivity index (χ1) is 12.6. The Hall–Kier alpha value is -2.57. The van der Waals surface area contributed by atoms with Gasteiger partial charge in [-0.1, -0.05) is 81.4 Å². The van der Waals surface area contributed by atoms with Crippen LogP contribution in [0.25, 0.3) is 23.2 Å². The van der Waals surface area contributed by atoms with Gasteiger partial charge in [0.05, 0.1) is 4.53 Å². The zero-order valence-electron chi connectivity index (χ0n) is 13.9. The number of nitrogens with zero attached hydrogens (tertiary/aromatic N) is 3. The summed E-state index contributed by atoms with van der Waals surface area (Å²) in [4.78, 5) is 17.6. The van der Waals surface area contributed by atoms with Gasteiger partial charge in [-0.05, 0) is 36.3 Å². The second kappa shape index (κ2) is 6.97. The minimum atomic E-state index is -0.150. The van der Waals surface area contributed by atoms with Crippen LogP contribution in [0.15, 0.2) is 57.8 Å². The highest BCUT2D eigenvalue weighted by Crippen LogP contribution is 2.16. The van der Waals surface area contributed by atoms with Gasteiger partial charge in [0, 0.05) is 4.47 Å². The number of hydrogen-bond acceptors (Lipinski definition) is 4. The molecule has 4 rings (SSSR count). The van der Waals surface area contributed by atoms with E-state index in [0.29, 0.717) is 15.3 Å². The molecule has 0 bridgehead atoms. The topological polar surface area (TPSA) is 47.3 Å². The Morgan fingerprint density at radius 1 is 1.08 bits per heavy atom. The van der Waals surface area contributed by atoms with Crippen LogP contribution in [0.2, 0.25) is 0 Å². The van der Waals surface area contributed by atoms with Crippen molar-refractivity contribution in [2.45, 2.75) is 6.92 Å². The van der Waals surface area contributed by atoms with Gasteiger partial charge in [-0.3, -0.25) is 4.79 Å². The minimum Gasteiger partial charge on any atom is -0.266 e. The summed E-state index contributed by atoms with van der Waals surface area (Å²) < 4.78 is 2.92. The maximum Gasteiger partial charge on any atom is 0.291 e. The van der Waals surface area contributed by atoms with E-state index in [1.165, 1.54) is 21.4 Å². The molecule has 0 radical (unpaired) electrons. The van der Waals surface area contributed by atoms with Gasteiger partial charge in [-0.2, -0.15) is 9.50 Å². The number of halogens is 1. The van der Waals surface area contributed by atoms with Crippen LogP contribution in [0, 0.1) is 6.92 Å². The number of hydrogen-bond donors (Lipinski definition) is 0. The molecule has 4 aromatic rings. The third-order valence-corrected chi connectivity index (χ3v) is 5.57. The zero-order valence-corrected chi connectivity index (χ0v) is 16.3. The van der Waals surface area contributed by atoms with Crippen LogP contribution in [0.5, 0.6) is 0 Å². The van der Waals surface area contributed by atoms with E-state index >= 15 is 0 Å². The fourth-order valence-corrected chi connectivity index (χ4v) is 3.81. The van der Waals surface area contributed by atoms with Crippen molar-refractivity contribution in [2.75, 3.05) is 0 Å². The first-order valence-corrected chi connectivity index (χ1v) is 9.62. The van der Waals surface area contributed by atoms with Crippen LogP contribution < -0.4 is 10.1 Å². The normalized spacial score (nSPS) is 12.5. The summed E-state index contributed by atoms with van der Waals surface area (Å²) in [6.45, 7) is 2.05. The Labute approximate surface area is 162 Å². The first-order valence-electron chi connectivity index (χ1n) is 8.01. The molecule has 0 saturated heterocycles. The minimum absolute atomic E-state index is 0.150. The van der Waals surface area contributed by atoms with Crippen molar-refractivity contribution < 1.29 is 0 Å². The van der Waals surface area contributed by atoms with Crippen LogP contribution >= 0.6 is 27.3 Å². The fourth-order valence-electron chi connectivity index (χ4n) is 2.50. The van der Waals surface area contributed by atoms with E-state index in [0.717, 1.165) is 15.6 Å². The zero-order chi connectivity index (χ0) is 18.1. The fraction of sp³-hybridized carbons (Fsp3) is 0.0500. The summed E-state index contributed by atoms with van der Waals surface area (Å²) in [5.41, 5.74) is 3.09. The van der Waals surface area contributed by atoms with Gasteiger partial charge in [0.1, 0.15) is 0 Å². The molecule has 0 saturated carbocycles. The van der Waals surface area contributed by atoms with Crippen molar-refractivity contribution in [3.63, 3.8) is 0 Å². The third-order valence-electron chi connectivity index (χ3n) is 3.89. The highest BCUT2D eigenvalue weighted by Gasteiger charge is 2.09. The Morgan fingerprint density at radius 3 is 2.58 bits per heavy atom. The number of aromatic nitrogens is 3. The second-order valence-corrected chi connectivity index (χ2v) is 7.71. The number of thiazole rings is 1. The van der Waals surface area contributed by atoms with Gasteiger partial charge >= 0.3 is 0 Å². The van der Waals surface area contributed by atoms with E-state index < -0.39 is 0 Å². The highest BCUT2D eigenvalue weighted by atomic mass is 79.9. The Kier molecular flexibility index (Phi) is 4.53. The molecule has 0 atom stereocenters. The lowest BCUT2D eigenvalue weighted by molar-refractivity contribution is 0.925. The number of fused-ring (bicyclic) bond motifs is 1. The molecule has 2 aromatic carbocycles. The number of aryl methyl sites for hydroxylation is 1. The van der Waals surface area contributed by atoms with Crippen molar-refractivity contribution in [3.05, 3.63) is 90.4 Å². The van der Waals surface area contributed by atoms with Gasteiger partial charge in [-0.15, -0.1) is 5.10 Å². The summed E-state index contributed by atoms with van der Waals surface area (Å²) in [6, 6.07) is 16.0. The average Bonchev–Trinajstić information content (AvgIpc) is 3.16. The Bertz CT molecular complexity index is 1220. The quantitative estimate of drug-likeness (QED) is 0.501. The molecule has 2 aromatic heterocycles. The van der Waals surface area contributed by atoms with E-state index in [-0.39, 0.29) is 5.56 Å². The van der Waals surface area contributed by atoms with Crippen LogP contribution in [-0.2, 0) is 0 Å². The molecule has 0 spiro atoms. The molecule has 26 heavy (non-hydrogen) atoms. The maximum absolute atomic E-state index is 12.6. The van der Waals surface area contributed by atoms with Crippen LogP contribution in [0.3, 0.4) is 0 Å². The van der Waals surface area contributed by atoms with E-state index in [1.54, 1.807) is 0 Å². The molecule has 0 amide bonds. The lowest BCUT2D eigenvalue weighted by Gasteiger charge is -1.94. The van der Waals surface area contributed by atoms with Gasteiger partial charge in [0.25, 0.3) is 5.56 Å². The largest absolute Gasteiger partial charge is 0.291 e. The van der Waals surface area contributed by atoms with Crippen molar-refractivity contribution in [1.82, 2.24) is 14.6 Å². The van der Waals surface area contributed by atoms with Gasteiger partial charge in [0.2, 0.25) is 4.96 Å². The molecule has 0 unspecified atom stereocenters. The summed E-state index contributed by atoms with van der Waals surface area (Å²) in [5, 5.41) is 4.31. The SMILES string of the molecule is Cc1ccc(/C=C/c2nc3s/c(=C\c4ccccc4Br)c(=O)n3n2)cc1. The molecule has 128 valence electrons. The Morgan fingerprint density at radius 2 is 1.85 bits per heavy atom. The molecule has 0 aliphatic rings. The first kappa shape index (κ1) is 16.9. The van der Waals surface area contributed by atoms with E-state index in [4.69, 9.17) is 0 Å². The molecule has 0 fully saturated rings. The lowest BCUT2D eigenvalue weighted by atomic mass is 10.1. The summed E-state index contributed by atoms with van der Waals surface area (Å²) in [5.74, 6) is 0.529. The molecule has 2 heterocycles. The van der Waals surface area contributed by atoms with Crippen molar-refractivity contribution in [1.29, 1.82) is 0 Å². The highest BCUT2D eigenvalue weighted by molar-refractivity contribution is 9.10. The molecule has 6 heteroatoms. The molecule has 0 N–H and O–H groups in total. The van der Waals surface area contributed by atoms with E-state index in [2.05, 4.69) is 45.1 Å². The number of rotatable bonds is 3. The maximum atomic E-state index is 12.6. The predicted molar refractivity (Wildman–Crippen MR) is 110 cm³/mol. The third kappa shape index (κ3) is 3.38. The van der Waals surface area contributed by atoms with Crippen molar-refractivity contribution in [3.8, 4) is 0 Å². The summed E-state index contributed by atoms with van der Waals surface area (Å²) in [6.07, 6.45) is 5.62. The van der Waals surface area contributed by atoms with Crippen molar-refractivity contribution >= 4 is 50.5 Å². The van der Waals surface area contributed by atoms with E-state index in [9.17, 15) is 4.79 Å². The van der Waals surface area contributed by atoms with Gasteiger partial charge in [-0.25, -0.2) is 0 Å².